The molecule has 150 valence electrons. The van der Waals surface area contributed by atoms with Crippen LogP contribution in [-0.2, 0) is 19.1 Å². The number of amides is 2. The van der Waals surface area contributed by atoms with E-state index in [1.165, 1.54) is 18.2 Å². The minimum atomic E-state index is -0.534. The second-order valence-corrected chi connectivity index (χ2v) is 7.67. The molecule has 2 amide bonds. The average Bonchev–Trinajstić information content (AvgIpc) is 2.72. The van der Waals surface area contributed by atoms with Gasteiger partial charge in [-0.2, -0.15) is 5.26 Å². The molecule has 1 saturated carbocycles. The second kappa shape index (κ2) is 11.3. The van der Waals surface area contributed by atoms with Crippen molar-refractivity contribution in [3.63, 3.8) is 0 Å². The zero-order chi connectivity index (χ0) is 20.4. The minimum absolute atomic E-state index is 0.0169. The van der Waals surface area contributed by atoms with Crippen LogP contribution in [0.15, 0.2) is 24.3 Å². The number of carbonyl (C=O) groups excluding carboxylic acids is 3. The van der Waals surface area contributed by atoms with Gasteiger partial charge in [0.1, 0.15) is 0 Å². The van der Waals surface area contributed by atoms with Gasteiger partial charge in [-0.1, -0.05) is 19.3 Å². The lowest BCUT2D eigenvalue weighted by molar-refractivity contribution is -0.144. The summed E-state index contributed by atoms with van der Waals surface area (Å²) in [6.45, 7) is -0.394. The molecular formula is C20H25N3O4S. The van der Waals surface area contributed by atoms with Gasteiger partial charge in [0, 0.05) is 18.8 Å². The van der Waals surface area contributed by atoms with E-state index in [1.807, 2.05) is 13.1 Å². The monoisotopic (exact) mass is 403 g/mol. The number of hydrogen-bond acceptors (Lipinski definition) is 6. The van der Waals surface area contributed by atoms with Crippen LogP contribution in [0.25, 0.3) is 0 Å². The van der Waals surface area contributed by atoms with Crippen LogP contribution in [0.3, 0.4) is 0 Å². The van der Waals surface area contributed by atoms with Gasteiger partial charge in [-0.15, -0.1) is 11.8 Å². The molecule has 7 nitrogen and oxygen atoms in total. The van der Waals surface area contributed by atoms with Gasteiger partial charge >= 0.3 is 5.97 Å². The summed E-state index contributed by atoms with van der Waals surface area (Å²) in [5, 5.41) is 11.3. The van der Waals surface area contributed by atoms with Gasteiger partial charge in [-0.25, -0.2) is 0 Å². The number of hydrogen-bond donors (Lipinski definition) is 1. The number of benzene rings is 1. The van der Waals surface area contributed by atoms with Crippen LogP contribution in [0.5, 0.6) is 0 Å². The Balaban J connectivity index is 1.61. The molecule has 2 rings (SSSR count). The SMILES string of the molecule is CN(C(=O)CSCC(=O)OCC(=O)Nc1ccc(C#N)cc1)C1CCCCC1. The highest BCUT2D eigenvalue weighted by Crippen LogP contribution is 2.22. The molecular weight excluding hydrogens is 378 g/mol. The predicted molar refractivity (Wildman–Crippen MR) is 108 cm³/mol. The maximum Gasteiger partial charge on any atom is 0.316 e. The number of nitrogens with zero attached hydrogens (tertiary/aromatic N) is 2. The summed E-state index contributed by atoms with van der Waals surface area (Å²) >= 11 is 1.19. The molecule has 1 aromatic rings. The summed E-state index contributed by atoms with van der Waals surface area (Å²) in [4.78, 5) is 37.6. The molecule has 8 heteroatoms. The quantitative estimate of drug-likeness (QED) is 0.670. The highest BCUT2D eigenvalue weighted by Gasteiger charge is 2.22. The summed E-state index contributed by atoms with van der Waals surface area (Å²) < 4.78 is 4.93. The maximum absolute atomic E-state index is 12.2. The largest absolute Gasteiger partial charge is 0.455 e. The number of nitrogens with one attached hydrogen (secondary N) is 1. The molecule has 0 aliphatic heterocycles. The van der Waals surface area contributed by atoms with E-state index in [0.29, 0.717) is 17.3 Å². The first-order valence-corrected chi connectivity index (χ1v) is 10.4. The molecule has 0 radical (unpaired) electrons. The first kappa shape index (κ1) is 21.8. The highest BCUT2D eigenvalue weighted by atomic mass is 32.2. The number of esters is 1. The van der Waals surface area contributed by atoms with E-state index >= 15 is 0 Å². The molecule has 1 N–H and O–H groups in total. The lowest BCUT2D eigenvalue weighted by atomic mass is 9.94. The van der Waals surface area contributed by atoms with E-state index in [2.05, 4.69) is 5.32 Å². The van der Waals surface area contributed by atoms with E-state index in [4.69, 9.17) is 10.00 Å². The molecule has 28 heavy (non-hydrogen) atoms. The summed E-state index contributed by atoms with van der Waals surface area (Å²) in [5.74, 6) is -0.735. The zero-order valence-corrected chi connectivity index (χ0v) is 16.8. The Morgan fingerprint density at radius 3 is 2.50 bits per heavy atom. The molecule has 0 aromatic heterocycles. The van der Waals surface area contributed by atoms with Crippen molar-refractivity contribution < 1.29 is 19.1 Å². The Morgan fingerprint density at radius 1 is 1.18 bits per heavy atom. The van der Waals surface area contributed by atoms with Crippen LogP contribution in [-0.4, -0.2) is 53.9 Å². The minimum Gasteiger partial charge on any atom is -0.455 e. The Kier molecular flexibility index (Phi) is 8.82. The predicted octanol–water partition coefficient (Wildman–Crippen LogP) is 2.56. The molecule has 0 saturated heterocycles. The Labute approximate surface area is 169 Å². The molecule has 1 aliphatic rings. The summed E-state index contributed by atoms with van der Waals surface area (Å²) in [6.07, 6.45) is 5.64. The Hall–Kier alpha value is -2.53. The van der Waals surface area contributed by atoms with Gasteiger partial charge in [0.25, 0.3) is 5.91 Å². The van der Waals surface area contributed by atoms with Crippen LogP contribution in [0.2, 0.25) is 0 Å². The van der Waals surface area contributed by atoms with Gasteiger partial charge in [-0.05, 0) is 37.1 Å². The van der Waals surface area contributed by atoms with Gasteiger partial charge in [0.2, 0.25) is 5.91 Å². The number of carbonyl (C=O) groups is 3. The summed E-state index contributed by atoms with van der Waals surface area (Å²) in [6, 6.07) is 8.66. The fourth-order valence-electron chi connectivity index (χ4n) is 3.01. The standard InChI is InChI=1S/C20H25N3O4S/c1-23(17-5-3-2-4-6-17)19(25)13-28-14-20(26)27-12-18(24)22-16-9-7-15(11-21)8-10-16/h7-10,17H,2-6,12-14H2,1H3,(H,22,24). The van der Waals surface area contributed by atoms with Crippen molar-refractivity contribution >= 4 is 35.2 Å². The number of rotatable bonds is 8. The topological polar surface area (TPSA) is 99.5 Å². The first-order valence-electron chi connectivity index (χ1n) is 9.28. The van der Waals surface area contributed by atoms with E-state index in [-0.39, 0.29) is 17.4 Å². The molecule has 0 atom stereocenters. The number of anilines is 1. The molecule has 0 bridgehead atoms. The van der Waals surface area contributed by atoms with Crippen LogP contribution in [0, 0.1) is 11.3 Å². The van der Waals surface area contributed by atoms with Gasteiger partial charge < -0.3 is 15.0 Å². The van der Waals surface area contributed by atoms with Crippen molar-refractivity contribution in [2.24, 2.45) is 0 Å². The van der Waals surface area contributed by atoms with Gasteiger partial charge in [0.05, 0.1) is 23.1 Å². The third-order valence-corrected chi connectivity index (χ3v) is 5.51. The Morgan fingerprint density at radius 2 is 1.86 bits per heavy atom. The van der Waals surface area contributed by atoms with E-state index in [9.17, 15) is 14.4 Å². The fourth-order valence-corrected chi connectivity index (χ4v) is 3.74. The van der Waals surface area contributed by atoms with E-state index < -0.39 is 18.5 Å². The van der Waals surface area contributed by atoms with E-state index in [1.54, 1.807) is 29.2 Å². The molecule has 0 heterocycles. The summed E-state index contributed by atoms with van der Waals surface area (Å²) in [7, 11) is 1.82. The van der Waals surface area contributed by atoms with Gasteiger partial charge in [-0.3, -0.25) is 14.4 Å². The molecule has 1 aromatic carbocycles. The van der Waals surface area contributed by atoms with Crippen molar-refractivity contribution in [2.75, 3.05) is 30.5 Å². The third kappa shape index (κ3) is 7.24. The molecule has 1 fully saturated rings. The van der Waals surface area contributed by atoms with Crippen LogP contribution >= 0.6 is 11.8 Å². The van der Waals surface area contributed by atoms with Crippen LogP contribution < -0.4 is 5.32 Å². The lowest BCUT2D eigenvalue weighted by Gasteiger charge is -2.31. The second-order valence-electron chi connectivity index (χ2n) is 6.69. The normalized spacial score (nSPS) is 14.0. The zero-order valence-electron chi connectivity index (χ0n) is 16.0. The summed E-state index contributed by atoms with van der Waals surface area (Å²) in [5.41, 5.74) is 1.01. The molecule has 0 spiro atoms. The average molecular weight is 404 g/mol. The Bertz CT molecular complexity index is 724. The number of ether oxygens (including phenoxy) is 1. The molecule has 1 aliphatic carbocycles. The van der Waals surface area contributed by atoms with Crippen molar-refractivity contribution in [1.29, 1.82) is 5.26 Å². The number of nitriles is 1. The fraction of sp³-hybridized carbons (Fsp3) is 0.500. The van der Waals surface area contributed by atoms with Crippen molar-refractivity contribution in [3.05, 3.63) is 29.8 Å². The lowest BCUT2D eigenvalue weighted by Crippen LogP contribution is -2.39. The van der Waals surface area contributed by atoms with Crippen molar-refractivity contribution in [2.45, 2.75) is 38.1 Å². The van der Waals surface area contributed by atoms with Crippen LogP contribution in [0.4, 0.5) is 5.69 Å². The van der Waals surface area contributed by atoms with Crippen molar-refractivity contribution in [3.8, 4) is 6.07 Å². The smallest absolute Gasteiger partial charge is 0.316 e. The van der Waals surface area contributed by atoms with Crippen LogP contribution in [0.1, 0.15) is 37.7 Å². The van der Waals surface area contributed by atoms with E-state index in [0.717, 1.165) is 25.7 Å². The third-order valence-electron chi connectivity index (χ3n) is 4.62. The number of thioether (sulfide) groups is 1. The van der Waals surface area contributed by atoms with Gasteiger partial charge in [0.15, 0.2) is 6.61 Å². The highest BCUT2D eigenvalue weighted by molar-refractivity contribution is 8.00. The van der Waals surface area contributed by atoms with Crippen molar-refractivity contribution in [1.82, 2.24) is 4.90 Å². The maximum atomic E-state index is 12.2. The molecule has 0 unspecified atom stereocenters. The first-order chi connectivity index (χ1) is 13.5.